The Kier molecular flexibility index (Phi) is 7.91. The fraction of sp³-hybridized carbons (Fsp3) is 0.0952. The topological polar surface area (TPSA) is 122 Å². The van der Waals surface area contributed by atoms with E-state index in [0.29, 0.717) is 5.13 Å². The molecule has 3 aromatic rings. The van der Waals surface area contributed by atoms with Crippen LogP contribution in [-0.4, -0.2) is 40.8 Å². The number of benzene rings is 1. The summed E-state index contributed by atoms with van der Waals surface area (Å²) < 4.78 is 3.89. The lowest BCUT2D eigenvalue weighted by Gasteiger charge is -2.05. The average molecular weight is 453 g/mol. The average Bonchev–Trinajstić information content (AvgIpc) is 3.27. The Balaban J connectivity index is 1.61. The Morgan fingerprint density at radius 1 is 1.19 bits per heavy atom. The van der Waals surface area contributed by atoms with Crippen molar-refractivity contribution in [3.63, 3.8) is 0 Å². The van der Waals surface area contributed by atoms with Crippen molar-refractivity contribution < 1.29 is 9.59 Å². The molecule has 2 aromatic heterocycles. The quantitative estimate of drug-likeness (QED) is 0.274. The van der Waals surface area contributed by atoms with Gasteiger partial charge in [0.25, 0.3) is 5.91 Å². The molecule has 0 fully saturated rings. The van der Waals surface area contributed by atoms with Crippen LogP contribution in [0.1, 0.15) is 0 Å². The van der Waals surface area contributed by atoms with E-state index in [1.54, 1.807) is 18.6 Å². The van der Waals surface area contributed by atoms with Gasteiger partial charge < -0.3 is 16.4 Å². The van der Waals surface area contributed by atoms with Crippen LogP contribution in [0.3, 0.4) is 0 Å². The first-order valence-electron chi connectivity index (χ1n) is 9.13. The standard InChI is InChI=1S/C21H20N6O2S2/c1-30-25-11-17(10-22)20(29)24-12-19(28)27-21-26-18(13-31-21)16-4-2-3-15(9-16)14-5-7-23-8-6-14/h2-11,13H,12,22H2,1H3,(H,24,29)(H,26,27,28)/b17-10+,25-11+. The summed E-state index contributed by atoms with van der Waals surface area (Å²) in [5.74, 6) is -0.874. The van der Waals surface area contributed by atoms with E-state index in [1.807, 2.05) is 41.8 Å². The van der Waals surface area contributed by atoms with Gasteiger partial charge in [-0.25, -0.2) is 9.38 Å². The Labute approximate surface area is 187 Å². The van der Waals surface area contributed by atoms with Gasteiger partial charge in [-0.1, -0.05) is 18.2 Å². The number of nitrogens with one attached hydrogen (secondary N) is 2. The monoisotopic (exact) mass is 452 g/mol. The zero-order valence-corrected chi connectivity index (χ0v) is 18.2. The molecular formula is C21H20N6O2S2. The molecule has 0 radical (unpaired) electrons. The van der Waals surface area contributed by atoms with Gasteiger partial charge in [-0.05, 0) is 41.3 Å². The van der Waals surface area contributed by atoms with Crippen LogP contribution in [0.15, 0.2) is 70.3 Å². The van der Waals surface area contributed by atoms with E-state index in [9.17, 15) is 9.59 Å². The summed E-state index contributed by atoms with van der Waals surface area (Å²) in [7, 11) is 0. The normalized spacial score (nSPS) is 11.5. The Bertz CT molecular complexity index is 1110. The van der Waals surface area contributed by atoms with Crippen LogP contribution in [-0.2, 0) is 9.59 Å². The van der Waals surface area contributed by atoms with Crippen molar-refractivity contribution in [2.45, 2.75) is 0 Å². The van der Waals surface area contributed by atoms with Crippen LogP contribution < -0.4 is 16.4 Å². The molecule has 0 aliphatic carbocycles. The summed E-state index contributed by atoms with van der Waals surface area (Å²) in [5, 5.41) is 7.50. The van der Waals surface area contributed by atoms with E-state index < -0.39 is 11.8 Å². The minimum atomic E-state index is -0.483. The maximum Gasteiger partial charge on any atom is 0.254 e. The van der Waals surface area contributed by atoms with Gasteiger partial charge in [0.2, 0.25) is 5.91 Å². The fourth-order valence-electron chi connectivity index (χ4n) is 2.58. The highest BCUT2D eigenvalue weighted by atomic mass is 32.2. The first-order valence-corrected chi connectivity index (χ1v) is 11.2. The summed E-state index contributed by atoms with van der Waals surface area (Å²) >= 11 is 2.50. The zero-order valence-electron chi connectivity index (χ0n) is 16.6. The SMILES string of the molecule is CS/N=C/C(=C\N)C(=O)NCC(=O)Nc1nc(-c2cccc(-c3ccncc3)c2)cs1. The molecule has 0 saturated heterocycles. The third kappa shape index (κ3) is 6.24. The number of rotatable bonds is 8. The number of hydrogen-bond acceptors (Lipinski definition) is 8. The Hall–Kier alpha value is -3.50. The molecule has 8 nitrogen and oxygen atoms in total. The smallest absolute Gasteiger partial charge is 0.254 e. The molecule has 3 rings (SSSR count). The minimum Gasteiger partial charge on any atom is -0.404 e. The van der Waals surface area contributed by atoms with Crippen molar-refractivity contribution in [1.82, 2.24) is 15.3 Å². The second-order valence-corrected chi connectivity index (χ2v) is 7.56. The van der Waals surface area contributed by atoms with Crippen LogP contribution in [0, 0.1) is 0 Å². The van der Waals surface area contributed by atoms with Gasteiger partial charge in [-0.15, -0.1) is 11.3 Å². The number of anilines is 1. The van der Waals surface area contributed by atoms with Gasteiger partial charge in [0.05, 0.1) is 17.8 Å². The van der Waals surface area contributed by atoms with Crippen LogP contribution in [0.2, 0.25) is 0 Å². The third-order valence-corrected chi connectivity index (χ3v) is 5.14. The van der Waals surface area contributed by atoms with Gasteiger partial charge in [-0.2, -0.15) is 0 Å². The lowest BCUT2D eigenvalue weighted by atomic mass is 10.0. The fourth-order valence-corrected chi connectivity index (χ4v) is 3.53. The summed E-state index contributed by atoms with van der Waals surface area (Å²) in [5.41, 5.74) is 9.39. The molecule has 10 heteroatoms. The molecule has 0 spiro atoms. The largest absolute Gasteiger partial charge is 0.404 e. The highest BCUT2D eigenvalue weighted by Crippen LogP contribution is 2.28. The predicted octanol–water partition coefficient (Wildman–Crippen LogP) is 3.12. The molecule has 31 heavy (non-hydrogen) atoms. The molecule has 2 amide bonds. The molecular weight excluding hydrogens is 432 g/mol. The Morgan fingerprint density at radius 2 is 1.97 bits per heavy atom. The van der Waals surface area contributed by atoms with Crippen molar-refractivity contribution in [1.29, 1.82) is 0 Å². The summed E-state index contributed by atoms with van der Waals surface area (Å²) in [6.45, 7) is -0.213. The number of aromatic nitrogens is 2. The number of pyridine rings is 1. The third-order valence-electron chi connectivity index (χ3n) is 4.07. The van der Waals surface area contributed by atoms with Gasteiger partial charge in [-0.3, -0.25) is 14.6 Å². The molecule has 158 valence electrons. The maximum absolute atomic E-state index is 12.2. The second kappa shape index (κ2) is 11.0. The van der Waals surface area contributed by atoms with E-state index in [4.69, 9.17) is 5.73 Å². The number of carbonyl (C=O) groups is 2. The first-order chi connectivity index (χ1) is 15.1. The lowest BCUT2D eigenvalue weighted by molar-refractivity contribution is -0.121. The van der Waals surface area contributed by atoms with Crippen LogP contribution >= 0.6 is 23.3 Å². The van der Waals surface area contributed by atoms with E-state index in [1.165, 1.54) is 29.5 Å². The summed E-state index contributed by atoms with van der Waals surface area (Å²) in [6.07, 6.45) is 7.73. The van der Waals surface area contributed by atoms with Gasteiger partial charge in [0.1, 0.15) is 0 Å². The number of nitrogens with zero attached hydrogens (tertiary/aromatic N) is 3. The summed E-state index contributed by atoms with van der Waals surface area (Å²) in [6, 6.07) is 11.9. The lowest BCUT2D eigenvalue weighted by Crippen LogP contribution is -2.34. The van der Waals surface area contributed by atoms with E-state index in [0.717, 1.165) is 28.6 Å². The molecule has 0 aliphatic rings. The summed E-state index contributed by atoms with van der Waals surface area (Å²) in [4.78, 5) is 32.7. The molecule has 1 aromatic carbocycles. The van der Waals surface area contributed by atoms with Gasteiger partial charge >= 0.3 is 0 Å². The molecule has 0 atom stereocenters. The van der Waals surface area contributed by atoms with Crippen molar-refractivity contribution in [2.75, 3.05) is 18.1 Å². The van der Waals surface area contributed by atoms with Crippen LogP contribution in [0.5, 0.6) is 0 Å². The number of carbonyl (C=O) groups excluding carboxylic acids is 2. The highest BCUT2D eigenvalue weighted by Gasteiger charge is 2.12. The van der Waals surface area contributed by atoms with Crippen molar-refractivity contribution in [2.24, 2.45) is 10.1 Å². The molecule has 0 aliphatic heterocycles. The number of amides is 2. The molecule has 0 unspecified atom stereocenters. The van der Waals surface area contributed by atoms with Crippen molar-refractivity contribution in [3.8, 4) is 22.4 Å². The maximum atomic E-state index is 12.2. The Morgan fingerprint density at radius 3 is 2.71 bits per heavy atom. The molecule has 2 heterocycles. The van der Waals surface area contributed by atoms with Crippen LogP contribution in [0.25, 0.3) is 22.4 Å². The molecule has 0 bridgehead atoms. The number of hydrogen-bond donors (Lipinski definition) is 3. The number of thiazole rings is 1. The van der Waals surface area contributed by atoms with Gasteiger partial charge in [0.15, 0.2) is 5.13 Å². The zero-order chi connectivity index (χ0) is 22.1. The van der Waals surface area contributed by atoms with Crippen LogP contribution in [0.4, 0.5) is 5.13 Å². The second-order valence-electron chi connectivity index (χ2n) is 6.12. The molecule has 0 saturated carbocycles. The van der Waals surface area contributed by atoms with Crippen molar-refractivity contribution in [3.05, 3.63) is 65.9 Å². The van der Waals surface area contributed by atoms with E-state index in [-0.39, 0.29) is 12.1 Å². The number of nitrogens with two attached hydrogens (primary N) is 1. The van der Waals surface area contributed by atoms with Crippen molar-refractivity contribution >= 4 is 46.4 Å². The predicted molar refractivity (Wildman–Crippen MR) is 127 cm³/mol. The first kappa shape index (κ1) is 22.2. The molecule has 4 N–H and O–H groups in total. The highest BCUT2D eigenvalue weighted by molar-refractivity contribution is 7.97. The van der Waals surface area contributed by atoms with Gasteiger partial charge in [0, 0.05) is 42.0 Å². The minimum absolute atomic E-state index is 0.174. The van der Waals surface area contributed by atoms with E-state index in [2.05, 4.69) is 25.0 Å². The van der Waals surface area contributed by atoms with E-state index >= 15 is 0 Å².